The quantitative estimate of drug-likeness (QED) is 0.892. The molecule has 2 aromatic rings. The fourth-order valence-corrected chi connectivity index (χ4v) is 1.83. The van der Waals surface area contributed by atoms with Crippen LogP contribution in [0.5, 0.6) is 5.75 Å². The second-order valence-electron chi connectivity index (χ2n) is 4.13. The van der Waals surface area contributed by atoms with Gasteiger partial charge in [-0.25, -0.2) is 9.97 Å². The van der Waals surface area contributed by atoms with Crippen molar-refractivity contribution in [3.63, 3.8) is 0 Å². The van der Waals surface area contributed by atoms with Crippen molar-refractivity contribution in [3.05, 3.63) is 30.6 Å². The van der Waals surface area contributed by atoms with Crippen LogP contribution in [0, 0.1) is 0 Å². The first-order valence-electron chi connectivity index (χ1n) is 6.10. The molecular formula is C14H16N4O2. The fourth-order valence-electron chi connectivity index (χ4n) is 1.83. The molecule has 0 saturated carbocycles. The molecule has 0 atom stereocenters. The number of carbonyl (C=O) groups is 1. The number of carbonyl (C=O) groups excluding carboxylic acids is 1. The molecule has 1 aromatic heterocycles. The SMILES string of the molecule is CNc1cc(-c2cc(NC(C)=O)ccc2OC)ncn1. The molecule has 2 rings (SSSR count). The number of nitrogens with zero attached hydrogens (tertiary/aromatic N) is 2. The molecule has 2 N–H and O–H groups in total. The highest BCUT2D eigenvalue weighted by Gasteiger charge is 2.10. The first-order valence-corrected chi connectivity index (χ1v) is 6.10. The normalized spacial score (nSPS) is 9.95. The van der Waals surface area contributed by atoms with Crippen LogP contribution >= 0.6 is 0 Å². The fraction of sp³-hybridized carbons (Fsp3) is 0.214. The van der Waals surface area contributed by atoms with Gasteiger partial charge in [0.05, 0.1) is 12.8 Å². The molecular weight excluding hydrogens is 256 g/mol. The number of methoxy groups -OCH3 is 1. The highest BCUT2D eigenvalue weighted by atomic mass is 16.5. The summed E-state index contributed by atoms with van der Waals surface area (Å²) >= 11 is 0. The predicted octanol–water partition coefficient (Wildman–Crippen LogP) is 2.15. The van der Waals surface area contributed by atoms with E-state index in [1.165, 1.54) is 13.3 Å². The highest BCUT2D eigenvalue weighted by Crippen LogP contribution is 2.31. The van der Waals surface area contributed by atoms with E-state index in [4.69, 9.17) is 4.74 Å². The minimum Gasteiger partial charge on any atom is -0.496 e. The van der Waals surface area contributed by atoms with E-state index in [2.05, 4.69) is 20.6 Å². The van der Waals surface area contributed by atoms with Crippen LogP contribution in [0.3, 0.4) is 0 Å². The zero-order chi connectivity index (χ0) is 14.5. The zero-order valence-corrected chi connectivity index (χ0v) is 11.6. The molecule has 0 spiro atoms. The molecule has 1 amide bonds. The van der Waals surface area contributed by atoms with Gasteiger partial charge in [-0.3, -0.25) is 4.79 Å². The molecule has 0 fully saturated rings. The van der Waals surface area contributed by atoms with Crippen molar-refractivity contribution < 1.29 is 9.53 Å². The molecule has 0 aliphatic rings. The molecule has 0 bridgehead atoms. The van der Waals surface area contributed by atoms with Gasteiger partial charge in [0, 0.05) is 31.3 Å². The lowest BCUT2D eigenvalue weighted by atomic mass is 10.1. The molecule has 6 nitrogen and oxygen atoms in total. The Morgan fingerprint density at radius 1 is 1.25 bits per heavy atom. The largest absolute Gasteiger partial charge is 0.496 e. The van der Waals surface area contributed by atoms with E-state index in [-0.39, 0.29) is 5.91 Å². The summed E-state index contributed by atoms with van der Waals surface area (Å²) in [5.74, 6) is 1.27. The van der Waals surface area contributed by atoms with E-state index in [0.717, 1.165) is 5.56 Å². The number of anilines is 2. The van der Waals surface area contributed by atoms with Crippen LogP contribution in [-0.2, 0) is 4.79 Å². The number of nitrogens with one attached hydrogen (secondary N) is 2. The van der Waals surface area contributed by atoms with E-state index in [9.17, 15) is 4.79 Å². The molecule has 20 heavy (non-hydrogen) atoms. The summed E-state index contributed by atoms with van der Waals surface area (Å²) in [4.78, 5) is 19.5. The Kier molecular flexibility index (Phi) is 4.14. The smallest absolute Gasteiger partial charge is 0.221 e. The molecule has 104 valence electrons. The van der Waals surface area contributed by atoms with Crippen molar-refractivity contribution >= 4 is 17.4 Å². The summed E-state index contributed by atoms with van der Waals surface area (Å²) in [6.45, 7) is 1.47. The zero-order valence-electron chi connectivity index (χ0n) is 11.6. The van der Waals surface area contributed by atoms with E-state index >= 15 is 0 Å². The Balaban J connectivity index is 2.48. The third-order valence-electron chi connectivity index (χ3n) is 2.72. The topological polar surface area (TPSA) is 76.1 Å². The van der Waals surface area contributed by atoms with Gasteiger partial charge in [0.1, 0.15) is 17.9 Å². The van der Waals surface area contributed by atoms with Gasteiger partial charge in [0.2, 0.25) is 5.91 Å². The van der Waals surface area contributed by atoms with Crippen LogP contribution in [0.4, 0.5) is 11.5 Å². The molecule has 0 aliphatic carbocycles. The highest BCUT2D eigenvalue weighted by molar-refractivity contribution is 5.90. The van der Waals surface area contributed by atoms with Crippen LogP contribution in [-0.4, -0.2) is 30.0 Å². The first-order chi connectivity index (χ1) is 9.63. The molecule has 0 unspecified atom stereocenters. The van der Waals surface area contributed by atoms with Crippen LogP contribution in [0.25, 0.3) is 11.3 Å². The average molecular weight is 272 g/mol. The van der Waals surface area contributed by atoms with Crippen LogP contribution < -0.4 is 15.4 Å². The first kappa shape index (κ1) is 13.8. The Morgan fingerprint density at radius 3 is 2.70 bits per heavy atom. The van der Waals surface area contributed by atoms with Gasteiger partial charge in [0.25, 0.3) is 0 Å². The molecule has 0 aliphatic heterocycles. The summed E-state index contributed by atoms with van der Waals surface area (Å²) in [6, 6.07) is 7.21. The van der Waals surface area contributed by atoms with Crippen molar-refractivity contribution in [2.75, 3.05) is 24.8 Å². The third-order valence-corrected chi connectivity index (χ3v) is 2.72. The van der Waals surface area contributed by atoms with E-state index in [1.54, 1.807) is 26.3 Å². The van der Waals surface area contributed by atoms with Gasteiger partial charge in [-0.1, -0.05) is 0 Å². The summed E-state index contributed by atoms with van der Waals surface area (Å²) in [6.07, 6.45) is 1.48. The maximum Gasteiger partial charge on any atom is 0.221 e. The van der Waals surface area contributed by atoms with Gasteiger partial charge in [-0.05, 0) is 18.2 Å². The summed E-state index contributed by atoms with van der Waals surface area (Å²) in [7, 11) is 3.38. The maximum absolute atomic E-state index is 11.1. The molecule has 0 radical (unpaired) electrons. The number of benzene rings is 1. The second kappa shape index (κ2) is 6.01. The van der Waals surface area contributed by atoms with Crippen molar-refractivity contribution in [2.24, 2.45) is 0 Å². The molecule has 6 heteroatoms. The number of ether oxygens (including phenoxy) is 1. The standard InChI is InChI=1S/C14H16N4O2/c1-9(19)18-10-4-5-13(20-3)11(6-10)12-7-14(15-2)17-8-16-12/h4-8H,1-3H3,(H,18,19)(H,15,16,17). The summed E-state index contributed by atoms with van der Waals surface area (Å²) in [5, 5.41) is 5.70. The Morgan fingerprint density at radius 2 is 2.05 bits per heavy atom. The lowest BCUT2D eigenvalue weighted by molar-refractivity contribution is -0.114. The van der Waals surface area contributed by atoms with Crippen molar-refractivity contribution in [2.45, 2.75) is 6.92 Å². The van der Waals surface area contributed by atoms with Gasteiger partial charge in [0.15, 0.2) is 0 Å². The van der Waals surface area contributed by atoms with Gasteiger partial charge in [-0.15, -0.1) is 0 Å². The number of amides is 1. The van der Waals surface area contributed by atoms with Gasteiger partial charge < -0.3 is 15.4 Å². The van der Waals surface area contributed by atoms with E-state index in [0.29, 0.717) is 22.9 Å². The minimum atomic E-state index is -0.125. The van der Waals surface area contributed by atoms with Gasteiger partial charge in [-0.2, -0.15) is 0 Å². The van der Waals surface area contributed by atoms with Crippen molar-refractivity contribution in [1.29, 1.82) is 0 Å². The minimum absolute atomic E-state index is 0.125. The average Bonchev–Trinajstić information content (AvgIpc) is 2.46. The summed E-state index contributed by atoms with van der Waals surface area (Å²) in [5.41, 5.74) is 2.20. The predicted molar refractivity (Wildman–Crippen MR) is 77.9 cm³/mol. The number of rotatable bonds is 4. The monoisotopic (exact) mass is 272 g/mol. The third kappa shape index (κ3) is 3.03. The van der Waals surface area contributed by atoms with Gasteiger partial charge >= 0.3 is 0 Å². The Hall–Kier alpha value is -2.63. The van der Waals surface area contributed by atoms with E-state index in [1.807, 2.05) is 12.1 Å². The summed E-state index contributed by atoms with van der Waals surface area (Å²) < 4.78 is 5.34. The number of aromatic nitrogens is 2. The molecule has 0 saturated heterocycles. The lowest BCUT2D eigenvalue weighted by Gasteiger charge is -2.11. The Bertz CT molecular complexity index is 628. The number of hydrogen-bond donors (Lipinski definition) is 2. The van der Waals surface area contributed by atoms with Crippen molar-refractivity contribution in [3.8, 4) is 17.0 Å². The maximum atomic E-state index is 11.1. The Labute approximate surface area is 117 Å². The van der Waals surface area contributed by atoms with Crippen LogP contribution in [0.15, 0.2) is 30.6 Å². The molecule has 1 heterocycles. The van der Waals surface area contributed by atoms with E-state index < -0.39 is 0 Å². The van der Waals surface area contributed by atoms with Crippen molar-refractivity contribution in [1.82, 2.24) is 9.97 Å². The molecule has 1 aromatic carbocycles. The lowest BCUT2D eigenvalue weighted by Crippen LogP contribution is -2.06. The van der Waals surface area contributed by atoms with Crippen LogP contribution in [0.1, 0.15) is 6.92 Å². The van der Waals surface area contributed by atoms with Crippen LogP contribution in [0.2, 0.25) is 0 Å². The second-order valence-corrected chi connectivity index (χ2v) is 4.13. The number of hydrogen-bond acceptors (Lipinski definition) is 5.